The Morgan fingerprint density at radius 1 is 0.756 bits per heavy atom. The van der Waals surface area contributed by atoms with E-state index < -0.39 is 10.0 Å². The third-order valence-electron chi connectivity index (χ3n) is 8.45. The first-order chi connectivity index (χ1) is 21.9. The average molecular weight is 615 g/mol. The number of nitrogens with zero attached hydrogens (tertiary/aromatic N) is 1. The van der Waals surface area contributed by atoms with Crippen LogP contribution in [0.4, 0.5) is 17.1 Å². The Labute approximate surface area is 263 Å². The molecule has 226 valence electrons. The number of anilines is 3. The lowest BCUT2D eigenvalue weighted by Gasteiger charge is -2.26. The van der Waals surface area contributed by atoms with Crippen LogP contribution in [0.15, 0.2) is 120 Å². The van der Waals surface area contributed by atoms with Crippen LogP contribution in [0.3, 0.4) is 0 Å². The number of nitrogens with one attached hydrogen (secondary N) is 3. The van der Waals surface area contributed by atoms with Gasteiger partial charge >= 0.3 is 0 Å². The van der Waals surface area contributed by atoms with Gasteiger partial charge in [0.15, 0.2) is 0 Å². The zero-order valence-corrected chi connectivity index (χ0v) is 25.6. The first kappa shape index (κ1) is 28.8. The Morgan fingerprint density at radius 3 is 2.27 bits per heavy atom. The molecule has 2 aliphatic heterocycles. The number of amides is 1. The lowest BCUT2D eigenvalue weighted by Crippen LogP contribution is -2.29. The van der Waals surface area contributed by atoms with Gasteiger partial charge in [-0.25, -0.2) is 8.42 Å². The predicted octanol–water partition coefficient (Wildman–Crippen LogP) is 7.56. The van der Waals surface area contributed by atoms with E-state index in [9.17, 15) is 13.2 Å². The number of piperidine rings is 1. The molecule has 2 heterocycles. The Balaban J connectivity index is 1.23. The molecule has 1 saturated heterocycles. The van der Waals surface area contributed by atoms with Gasteiger partial charge in [0.25, 0.3) is 15.9 Å². The molecule has 0 aromatic heterocycles. The Hall–Kier alpha value is -4.92. The zero-order valence-electron chi connectivity index (χ0n) is 24.8. The van der Waals surface area contributed by atoms with Gasteiger partial charge in [-0.05, 0) is 78.8 Å². The number of benzene rings is 5. The lowest BCUT2D eigenvalue weighted by atomic mass is 9.99. The maximum Gasteiger partial charge on any atom is 0.262 e. The standard InChI is InChI=1S/C37H34N4O3S/c42-37-35(36(28-11-3-1-4-12-28)38-29-18-16-26(17-19-29)25-41-22-7-2-8-23-41)32-24-30(20-21-33(32)39-37)40-45(43,44)34-15-9-13-27-10-5-6-14-31(27)34/h1,3-6,9-21,24,38,40H,2,7-8,22-23,25H2,(H,39,42)/b36-35-. The molecule has 0 aliphatic carbocycles. The highest BCUT2D eigenvalue weighted by molar-refractivity contribution is 7.93. The highest BCUT2D eigenvalue weighted by Crippen LogP contribution is 2.39. The molecule has 7 nitrogen and oxygen atoms in total. The summed E-state index contributed by atoms with van der Waals surface area (Å²) in [5, 5.41) is 7.97. The Morgan fingerprint density at radius 2 is 1.47 bits per heavy atom. The third kappa shape index (κ3) is 6.07. The van der Waals surface area contributed by atoms with Crippen LogP contribution in [-0.4, -0.2) is 32.3 Å². The van der Waals surface area contributed by atoms with Crippen molar-refractivity contribution in [2.45, 2.75) is 30.7 Å². The number of carbonyl (C=O) groups is 1. The molecule has 45 heavy (non-hydrogen) atoms. The molecule has 3 N–H and O–H groups in total. The van der Waals surface area contributed by atoms with E-state index >= 15 is 0 Å². The molecular formula is C37H34N4O3S. The van der Waals surface area contributed by atoms with E-state index in [1.807, 2.05) is 66.7 Å². The summed E-state index contributed by atoms with van der Waals surface area (Å²) in [6.07, 6.45) is 3.82. The van der Waals surface area contributed by atoms with Gasteiger partial charge in [0.05, 0.1) is 16.2 Å². The van der Waals surface area contributed by atoms with E-state index in [4.69, 9.17) is 0 Å². The van der Waals surface area contributed by atoms with Gasteiger partial charge in [0, 0.05) is 34.6 Å². The maximum atomic E-state index is 13.6. The molecule has 0 spiro atoms. The van der Waals surface area contributed by atoms with E-state index in [0.29, 0.717) is 33.6 Å². The molecule has 2 aliphatic rings. The normalized spacial score (nSPS) is 16.2. The summed E-state index contributed by atoms with van der Waals surface area (Å²) in [7, 11) is -3.91. The van der Waals surface area contributed by atoms with Crippen molar-refractivity contribution in [3.8, 4) is 0 Å². The van der Waals surface area contributed by atoms with Crippen LogP contribution < -0.4 is 15.4 Å². The SMILES string of the molecule is O=C1Nc2ccc(NS(=O)(=O)c3cccc4ccccc34)cc2/C1=C(/Nc1ccc(CN2CCCCC2)cc1)c1ccccc1. The minimum absolute atomic E-state index is 0.196. The molecule has 5 aromatic rings. The van der Waals surface area contributed by atoms with Crippen molar-refractivity contribution in [1.29, 1.82) is 0 Å². The number of carbonyl (C=O) groups excluding carboxylic acids is 1. The summed E-state index contributed by atoms with van der Waals surface area (Å²) in [6.45, 7) is 3.21. The number of sulfonamides is 1. The molecule has 0 bridgehead atoms. The molecule has 0 atom stereocenters. The number of likely N-dealkylation sites (tertiary alicyclic amines) is 1. The monoisotopic (exact) mass is 614 g/mol. The summed E-state index contributed by atoms with van der Waals surface area (Å²) in [5.74, 6) is -0.257. The van der Waals surface area contributed by atoms with Gasteiger partial charge in [-0.1, -0.05) is 85.3 Å². The van der Waals surface area contributed by atoms with E-state index in [0.717, 1.165) is 36.3 Å². The second-order valence-electron chi connectivity index (χ2n) is 11.6. The second-order valence-corrected chi connectivity index (χ2v) is 13.2. The number of hydrogen-bond acceptors (Lipinski definition) is 5. The summed E-state index contributed by atoms with van der Waals surface area (Å²) in [6, 6.07) is 35.8. The smallest absolute Gasteiger partial charge is 0.262 e. The summed E-state index contributed by atoms with van der Waals surface area (Å²) < 4.78 is 29.9. The van der Waals surface area contributed by atoms with Crippen LogP contribution in [-0.2, 0) is 21.4 Å². The number of rotatable bonds is 8. The third-order valence-corrected chi connectivity index (χ3v) is 9.89. The van der Waals surface area contributed by atoms with E-state index in [2.05, 4.69) is 32.4 Å². The van der Waals surface area contributed by atoms with Crippen LogP contribution in [0.25, 0.3) is 22.0 Å². The minimum atomic E-state index is -3.91. The quantitative estimate of drug-likeness (QED) is 0.157. The van der Waals surface area contributed by atoms with Crippen LogP contribution in [0, 0.1) is 0 Å². The second kappa shape index (κ2) is 12.2. The van der Waals surface area contributed by atoms with Gasteiger partial charge < -0.3 is 10.6 Å². The minimum Gasteiger partial charge on any atom is -0.354 e. The summed E-state index contributed by atoms with van der Waals surface area (Å²) in [4.78, 5) is 16.2. The fourth-order valence-electron chi connectivity index (χ4n) is 6.22. The molecule has 5 aromatic carbocycles. The average Bonchev–Trinajstić information content (AvgIpc) is 3.39. The number of fused-ring (bicyclic) bond motifs is 2. The Kier molecular flexibility index (Phi) is 7.83. The van der Waals surface area contributed by atoms with Crippen molar-refractivity contribution in [3.05, 3.63) is 132 Å². The molecule has 1 amide bonds. The van der Waals surface area contributed by atoms with Crippen molar-refractivity contribution in [2.75, 3.05) is 28.4 Å². The van der Waals surface area contributed by atoms with Gasteiger partial charge in [-0.2, -0.15) is 0 Å². The van der Waals surface area contributed by atoms with Crippen molar-refractivity contribution < 1.29 is 13.2 Å². The van der Waals surface area contributed by atoms with Gasteiger partial charge in [0.1, 0.15) is 0 Å². The molecule has 0 radical (unpaired) electrons. The zero-order chi connectivity index (χ0) is 30.8. The predicted molar refractivity (Wildman–Crippen MR) is 182 cm³/mol. The summed E-state index contributed by atoms with van der Waals surface area (Å²) >= 11 is 0. The molecule has 8 heteroatoms. The number of hydrogen-bond donors (Lipinski definition) is 3. The fourth-order valence-corrected chi connectivity index (χ4v) is 7.50. The topological polar surface area (TPSA) is 90.5 Å². The van der Waals surface area contributed by atoms with Gasteiger partial charge in [-0.15, -0.1) is 0 Å². The van der Waals surface area contributed by atoms with Crippen molar-refractivity contribution in [3.63, 3.8) is 0 Å². The highest BCUT2D eigenvalue weighted by atomic mass is 32.2. The van der Waals surface area contributed by atoms with E-state index in [1.54, 1.807) is 36.4 Å². The largest absolute Gasteiger partial charge is 0.354 e. The molecular weight excluding hydrogens is 580 g/mol. The first-order valence-electron chi connectivity index (χ1n) is 15.3. The van der Waals surface area contributed by atoms with Crippen LogP contribution in [0.1, 0.15) is 36.0 Å². The first-order valence-corrected chi connectivity index (χ1v) is 16.8. The maximum absolute atomic E-state index is 13.6. The van der Waals surface area contributed by atoms with Crippen molar-refractivity contribution in [1.82, 2.24) is 4.90 Å². The van der Waals surface area contributed by atoms with Gasteiger partial charge in [-0.3, -0.25) is 14.4 Å². The van der Waals surface area contributed by atoms with Crippen molar-refractivity contribution in [2.24, 2.45) is 0 Å². The van der Waals surface area contributed by atoms with Crippen LogP contribution in [0.5, 0.6) is 0 Å². The van der Waals surface area contributed by atoms with Gasteiger partial charge in [0.2, 0.25) is 0 Å². The van der Waals surface area contributed by atoms with E-state index in [1.165, 1.54) is 24.8 Å². The lowest BCUT2D eigenvalue weighted by molar-refractivity contribution is -0.110. The molecule has 0 unspecified atom stereocenters. The Bertz CT molecular complexity index is 2010. The highest BCUT2D eigenvalue weighted by Gasteiger charge is 2.29. The van der Waals surface area contributed by atoms with E-state index in [-0.39, 0.29) is 10.8 Å². The fraction of sp³-hybridized carbons (Fsp3) is 0.162. The van der Waals surface area contributed by atoms with Crippen LogP contribution in [0.2, 0.25) is 0 Å². The molecule has 1 fully saturated rings. The summed E-state index contributed by atoms with van der Waals surface area (Å²) in [5.41, 5.74) is 5.65. The molecule has 0 saturated carbocycles. The molecule has 7 rings (SSSR count). The van der Waals surface area contributed by atoms with Crippen molar-refractivity contribution >= 4 is 55.0 Å². The van der Waals surface area contributed by atoms with Crippen LogP contribution >= 0.6 is 0 Å².